The first kappa shape index (κ1) is 12.6. The molecule has 2 heterocycles. The Morgan fingerprint density at radius 3 is 3.11 bits per heavy atom. The van der Waals surface area contributed by atoms with Gasteiger partial charge < -0.3 is 10.6 Å². The number of hydrogen-bond donors (Lipinski definition) is 2. The fourth-order valence-electron chi connectivity index (χ4n) is 1.59. The maximum Gasteiger partial charge on any atom is 0.315 e. The van der Waals surface area contributed by atoms with Gasteiger partial charge in [0.1, 0.15) is 0 Å². The molecule has 2 aromatic rings. The molecule has 2 rings (SSSR count). The summed E-state index contributed by atoms with van der Waals surface area (Å²) in [5.74, 6) is 0. The second kappa shape index (κ2) is 6.20. The molecule has 0 aliphatic rings. The SMILES string of the molecule is C[C@@H](Cn1cccn1)NC(=O)NCc1cccs1. The van der Waals surface area contributed by atoms with Crippen molar-refractivity contribution in [3.63, 3.8) is 0 Å². The second-order valence-electron chi connectivity index (χ2n) is 4.04. The summed E-state index contributed by atoms with van der Waals surface area (Å²) in [6, 6.07) is 5.72. The highest BCUT2D eigenvalue weighted by atomic mass is 32.1. The van der Waals surface area contributed by atoms with Crippen molar-refractivity contribution < 1.29 is 4.79 Å². The number of aromatic nitrogens is 2. The molecule has 96 valence electrons. The van der Waals surface area contributed by atoms with Gasteiger partial charge in [0.2, 0.25) is 0 Å². The van der Waals surface area contributed by atoms with E-state index >= 15 is 0 Å². The molecular weight excluding hydrogens is 248 g/mol. The topological polar surface area (TPSA) is 59.0 Å². The highest BCUT2D eigenvalue weighted by Gasteiger charge is 2.07. The molecule has 0 saturated heterocycles. The molecule has 2 aromatic heterocycles. The molecule has 0 fully saturated rings. The Hall–Kier alpha value is -1.82. The number of hydrogen-bond acceptors (Lipinski definition) is 3. The Morgan fingerprint density at radius 2 is 2.44 bits per heavy atom. The van der Waals surface area contributed by atoms with E-state index in [-0.39, 0.29) is 12.1 Å². The van der Waals surface area contributed by atoms with Crippen molar-refractivity contribution in [3.05, 3.63) is 40.8 Å². The standard InChI is InChI=1S/C12H16N4OS/c1-10(9-16-6-3-5-14-16)15-12(17)13-8-11-4-2-7-18-11/h2-7,10H,8-9H2,1H3,(H2,13,15,17)/t10-/m0/s1. The second-order valence-corrected chi connectivity index (χ2v) is 5.07. The number of nitrogens with one attached hydrogen (secondary N) is 2. The normalized spacial score (nSPS) is 12.1. The van der Waals surface area contributed by atoms with E-state index in [1.54, 1.807) is 22.2 Å². The number of carbonyl (C=O) groups is 1. The molecule has 0 radical (unpaired) electrons. The fraction of sp³-hybridized carbons (Fsp3) is 0.333. The van der Waals surface area contributed by atoms with Crippen molar-refractivity contribution in [2.75, 3.05) is 0 Å². The minimum Gasteiger partial charge on any atom is -0.334 e. The Morgan fingerprint density at radius 1 is 1.56 bits per heavy atom. The molecule has 0 unspecified atom stereocenters. The van der Waals surface area contributed by atoms with E-state index in [4.69, 9.17) is 0 Å². The number of carbonyl (C=O) groups excluding carboxylic acids is 1. The summed E-state index contributed by atoms with van der Waals surface area (Å²) in [6.45, 7) is 3.18. The monoisotopic (exact) mass is 264 g/mol. The average molecular weight is 264 g/mol. The van der Waals surface area contributed by atoms with Gasteiger partial charge in [0.15, 0.2) is 0 Å². The molecule has 5 nitrogen and oxygen atoms in total. The summed E-state index contributed by atoms with van der Waals surface area (Å²) in [5.41, 5.74) is 0. The van der Waals surface area contributed by atoms with Crippen molar-refractivity contribution in [2.45, 2.75) is 26.1 Å². The highest BCUT2D eigenvalue weighted by molar-refractivity contribution is 7.09. The molecule has 0 aromatic carbocycles. The summed E-state index contributed by atoms with van der Waals surface area (Å²) in [5, 5.41) is 11.8. The maximum absolute atomic E-state index is 11.6. The van der Waals surface area contributed by atoms with Crippen molar-refractivity contribution in [2.24, 2.45) is 0 Å². The summed E-state index contributed by atoms with van der Waals surface area (Å²) in [7, 11) is 0. The summed E-state index contributed by atoms with van der Waals surface area (Å²) >= 11 is 1.63. The molecule has 6 heteroatoms. The van der Waals surface area contributed by atoms with Gasteiger partial charge in [-0.1, -0.05) is 6.07 Å². The Balaban J connectivity index is 1.70. The average Bonchev–Trinajstić information content (AvgIpc) is 2.98. The highest BCUT2D eigenvalue weighted by Crippen LogP contribution is 2.07. The zero-order valence-electron chi connectivity index (χ0n) is 10.2. The minimum absolute atomic E-state index is 0.0354. The largest absolute Gasteiger partial charge is 0.334 e. The number of nitrogens with zero attached hydrogens (tertiary/aromatic N) is 2. The van der Waals surface area contributed by atoms with Crippen molar-refractivity contribution in [1.29, 1.82) is 0 Å². The first-order valence-electron chi connectivity index (χ1n) is 5.78. The van der Waals surface area contributed by atoms with Gasteiger partial charge >= 0.3 is 6.03 Å². The van der Waals surface area contributed by atoms with Crippen LogP contribution in [0.4, 0.5) is 4.79 Å². The predicted octanol–water partition coefficient (Wildman–Crippen LogP) is 1.83. The Kier molecular flexibility index (Phi) is 4.35. The van der Waals surface area contributed by atoms with Crippen LogP contribution in [-0.4, -0.2) is 21.9 Å². The minimum atomic E-state index is -0.150. The number of rotatable bonds is 5. The number of thiophene rings is 1. The number of urea groups is 1. The van der Waals surface area contributed by atoms with Gasteiger partial charge in [-0.25, -0.2) is 4.79 Å². The maximum atomic E-state index is 11.6. The third-order valence-electron chi connectivity index (χ3n) is 2.40. The molecular formula is C12H16N4OS. The van der Waals surface area contributed by atoms with E-state index in [1.807, 2.05) is 36.7 Å². The molecule has 2 N–H and O–H groups in total. The fourth-order valence-corrected chi connectivity index (χ4v) is 2.23. The smallest absolute Gasteiger partial charge is 0.315 e. The Labute approximate surface area is 110 Å². The molecule has 0 aliphatic carbocycles. The van der Waals surface area contributed by atoms with Gasteiger partial charge in [-0.15, -0.1) is 11.3 Å². The van der Waals surface area contributed by atoms with Gasteiger partial charge in [-0.05, 0) is 24.4 Å². The molecule has 0 bridgehead atoms. The van der Waals surface area contributed by atoms with Crippen molar-refractivity contribution >= 4 is 17.4 Å². The third-order valence-corrected chi connectivity index (χ3v) is 3.28. The summed E-state index contributed by atoms with van der Waals surface area (Å²) in [4.78, 5) is 12.8. The van der Waals surface area contributed by atoms with Gasteiger partial charge in [0.25, 0.3) is 0 Å². The lowest BCUT2D eigenvalue weighted by atomic mass is 10.3. The van der Waals surface area contributed by atoms with Crippen LogP contribution in [-0.2, 0) is 13.1 Å². The molecule has 0 aliphatic heterocycles. The predicted molar refractivity (Wildman–Crippen MR) is 71.4 cm³/mol. The quantitative estimate of drug-likeness (QED) is 0.865. The van der Waals surface area contributed by atoms with Crippen LogP contribution in [0.15, 0.2) is 36.0 Å². The van der Waals surface area contributed by atoms with E-state index in [0.29, 0.717) is 13.1 Å². The molecule has 18 heavy (non-hydrogen) atoms. The van der Waals surface area contributed by atoms with Crippen LogP contribution in [0.3, 0.4) is 0 Å². The zero-order chi connectivity index (χ0) is 12.8. The Bertz CT molecular complexity index is 466. The van der Waals surface area contributed by atoms with Crippen LogP contribution < -0.4 is 10.6 Å². The lowest BCUT2D eigenvalue weighted by Gasteiger charge is -2.14. The van der Waals surface area contributed by atoms with E-state index < -0.39 is 0 Å². The van der Waals surface area contributed by atoms with E-state index in [9.17, 15) is 4.79 Å². The lowest BCUT2D eigenvalue weighted by molar-refractivity contribution is 0.236. The summed E-state index contributed by atoms with van der Waals surface area (Å²) < 4.78 is 1.80. The molecule has 0 saturated carbocycles. The summed E-state index contributed by atoms with van der Waals surface area (Å²) in [6.07, 6.45) is 3.60. The van der Waals surface area contributed by atoms with Crippen LogP contribution in [0.5, 0.6) is 0 Å². The van der Waals surface area contributed by atoms with Gasteiger partial charge in [-0.2, -0.15) is 5.10 Å². The van der Waals surface area contributed by atoms with Gasteiger partial charge in [0.05, 0.1) is 13.1 Å². The number of amides is 2. The first-order valence-corrected chi connectivity index (χ1v) is 6.66. The van der Waals surface area contributed by atoms with Crippen LogP contribution in [0.2, 0.25) is 0 Å². The van der Waals surface area contributed by atoms with Crippen LogP contribution >= 0.6 is 11.3 Å². The zero-order valence-corrected chi connectivity index (χ0v) is 11.0. The third kappa shape index (κ3) is 3.89. The van der Waals surface area contributed by atoms with E-state index in [2.05, 4.69) is 15.7 Å². The molecule has 1 atom stereocenters. The van der Waals surface area contributed by atoms with Crippen LogP contribution in [0, 0.1) is 0 Å². The van der Waals surface area contributed by atoms with E-state index in [0.717, 1.165) is 4.88 Å². The van der Waals surface area contributed by atoms with Gasteiger partial charge in [-0.3, -0.25) is 4.68 Å². The molecule has 0 spiro atoms. The van der Waals surface area contributed by atoms with E-state index in [1.165, 1.54) is 0 Å². The van der Waals surface area contributed by atoms with Gasteiger partial charge in [0, 0.05) is 23.3 Å². The molecule has 2 amide bonds. The lowest BCUT2D eigenvalue weighted by Crippen LogP contribution is -2.42. The van der Waals surface area contributed by atoms with Crippen molar-refractivity contribution in [1.82, 2.24) is 20.4 Å². The van der Waals surface area contributed by atoms with Crippen LogP contribution in [0.1, 0.15) is 11.8 Å². The first-order chi connectivity index (χ1) is 8.74. The van der Waals surface area contributed by atoms with Crippen molar-refractivity contribution in [3.8, 4) is 0 Å². The van der Waals surface area contributed by atoms with Crippen LogP contribution in [0.25, 0.3) is 0 Å².